The maximum atomic E-state index is 13.3. The molecule has 2 aromatic rings. The van der Waals surface area contributed by atoms with Gasteiger partial charge in [-0.25, -0.2) is 4.39 Å². The second-order valence-corrected chi connectivity index (χ2v) is 5.04. The molecule has 0 fully saturated rings. The molecule has 0 spiro atoms. The number of nitrogens with two attached hydrogens (primary N) is 1. The highest BCUT2D eigenvalue weighted by Crippen LogP contribution is 2.30. The summed E-state index contributed by atoms with van der Waals surface area (Å²) in [5, 5.41) is 0. The average Bonchev–Trinajstić information content (AvgIpc) is 2.48. The van der Waals surface area contributed by atoms with Crippen LogP contribution in [0, 0.1) is 5.82 Å². The van der Waals surface area contributed by atoms with E-state index >= 15 is 0 Å². The molecule has 0 amide bonds. The zero-order valence-corrected chi connectivity index (χ0v) is 12.6. The van der Waals surface area contributed by atoms with Gasteiger partial charge in [-0.3, -0.25) is 0 Å². The summed E-state index contributed by atoms with van der Waals surface area (Å²) >= 11 is 3.33. The van der Waals surface area contributed by atoms with E-state index in [9.17, 15) is 4.39 Å². The standard InChI is InChI=1S/C15H15BrFNO2/c1-19-12-5-2-10(3-6-12)15(9-18)20-14-8-11(17)4-7-13(14)16/h2-8,15H,9,18H2,1H3/t15-/m0/s1. The van der Waals surface area contributed by atoms with Gasteiger partial charge < -0.3 is 15.2 Å². The lowest BCUT2D eigenvalue weighted by molar-refractivity contribution is 0.212. The van der Waals surface area contributed by atoms with Gasteiger partial charge in [0.15, 0.2) is 0 Å². The Balaban J connectivity index is 2.21. The fourth-order valence-electron chi connectivity index (χ4n) is 1.79. The van der Waals surface area contributed by atoms with Crippen LogP contribution in [0.15, 0.2) is 46.9 Å². The Morgan fingerprint density at radius 3 is 2.50 bits per heavy atom. The minimum atomic E-state index is -0.353. The number of rotatable bonds is 5. The highest BCUT2D eigenvalue weighted by atomic mass is 79.9. The fraction of sp³-hybridized carbons (Fsp3) is 0.200. The highest BCUT2D eigenvalue weighted by molar-refractivity contribution is 9.10. The van der Waals surface area contributed by atoms with Crippen LogP contribution >= 0.6 is 15.9 Å². The van der Waals surface area contributed by atoms with Crippen LogP contribution in [0.4, 0.5) is 4.39 Å². The fourth-order valence-corrected chi connectivity index (χ4v) is 2.13. The number of ether oxygens (including phenoxy) is 2. The maximum absolute atomic E-state index is 13.3. The molecule has 0 saturated heterocycles. The van der Waals surface area contributed by atoms with E-state index < -0.39 is 0 Å². The summed E-state index contributed by atoms with van der Waals surface area (Å²) in [7, 11) is 1.61. The summed E-state index contributed by atoms with van der Waals surface area (Å²) in [5.41, 5.74) is 6.65. The topological polar surface area (TPSA) is 44.5 Å². The van der Waals surface area contributed by atoms with Crippen molar-refractivity contribution in [3.05, 3.63) is 58.3 Å². The Morgan fingerprint density at radius 1 is 1.20 bits per heavy atom. The van der Waals surface area contributed by atoms with Crippen molar-refractivity contribution in [1.82, 2.24) is 0 Å². The molecule has 2 N–H and O–H groups in total. The molecule has 0 bridgehead atoms. The molecule has 0 aliphatic rings. The molecule has 2 aromatic carbocycles. The molecule has 5 heteroatoms. The van der Waals surface area contributed by atoms with Crippen molar-refractivity contribution in [2.24, 2.45) is 5.73 Å². The first-order chi connectivity index (χ1) is 9.63. The lowest BCUT2D eigenvalue weighted by atomic mass is 10.1. The normalized spacial score (nSPS) is 12.0. The predicted molar refractivity (Wildman–Crippen MR) is 79.5 cm³/mol. The third kappa shape index (κ3) is 3.49. The number of methoxy groups -OCH3 is 1. The third-order valence-electron chi connectivity index (χ3n) is 2.86. The van der Waals surface area contributed by atoms with Gasteiger partial charge in [-0.2, -0.15) is 0 Å². The number of hydrogen-bond acceptors (Lipinski definition) is 3. The van der Waals surface area contributed by atoms with Gasteiger partial charge in [0.1, 0.15) is 23.4 Å². The summed E-state index contributed by atoms with van der Waals surface area (Å²) in [6, 6.07) is 11.7. The first-order valence-corrected chi connectivity index (χ1v) is 6.89. The lowest BCUT2D eigenvalue weighted by Gasteiger charge is -2.19. The van der Waals surface area contributed by atoms with Crippen LogP contribution in [-0.4, -0.2) is 13.7 Å². The second-order valence-electron chi connectivity index (χ2n) is 4.19. The summed E-state index contributed by atoms with van der Waals surface area (Å²) in [4.78, 5) is 0. The number of benzene rings is 2. The molecule has 0 heterocycles. The van der Waals surface area contributed by atoms with E-state index in [4.69, 9.17) is 15.2 Å². The van der Waals surface area contributed by atoms with Gasteiger partial charge in [-0.05, 0) is 45.8 Å². The first-order valence-electron chi connectivity index (χ1n) is 6.09. The van der Waals surface area contributed by atoms with Crippen LogP contribution in [0.3, 0.4) is 0 Å². The van der Waals surface area contributed by atoms with Gasteiger partial charge in [0.05, 0.1) is 11.6 Å². The molecule has 3 nitrogen and oxygen atoms in total. The molecule has 0 aromatic heterocycles. The Hall–Kier alpha value is -1.59. The van der Waals surface area contributed by atoms with Gasteiger partial charge in [0.2, 0.25) is 0 Å². The van der Waals surface area contributed by atoms with Crippen LogP contribution in [0.1, 0.15) is 11.7 Å². The van der Waals surface area contributed by atoms with E-state index in [2.05, 4.69) is 15.9 Å². The third-order valence-corrected chi connectivity index (χ3v) is 3.52. The highest BCUT2D eigenvalue weighted by Gasteiger charge is 2.14. The smallest absolute Gasteiger partial charge is 0.137 e. The maximum Gasteiger partial charge on any atom is 0.137 e. The molecular weight excluding hydrogens is 325 g/mol. The monoisotopic (exact) mass is 339 g/mol. The van der Waals surface area contributed by atoms with Crippen molar-refractivity contribution in [2.75, 3.05) is 13.7 Å². The molecule has 2 rings (SSSR count). The van der Waals surface area contributed by atoms with Gasteiger partial charge in [0, 0.05) is 12.6 Å². The lowest BCUT2D eigenvalue weighted by Crippen LogP contribution is -2.18. The minimum Gasteiger partial charge on any atom is -0.497 e. The van der Waals surface area contributed by atoms with Crippen molar-refractivity contribution in [3.8, 4) is 11.5 Å². The summed E-state index contributed by atoms with van der Waals surface area (Å²) in [6.07, 6.45) is -0.348. The summed E-state index contributed by atoms with van der Waals surface area (Å²) in [5.74, 6) is 0.835. The SMILES string of the molecule is COc1ccc([C@H](CN)Oc2cc(F)ccc2Br)cc1. The predicted octanol–water partition coefficient (Wildman–Crippen LogP) is 3.68. The van der Waals surface area contributed by atoms with Crippen LogP contribution in [0.25, 0.3) is 0 Å². The molecule has 0 saturated carbocycles. The summed E-state index contributed by atoms with van der Waals surface area (Å²) < 4.78 is 24.8. The molecule has 1 atom stereocenters. The molecule has 0 unspecified atom stereocenters. The van der Waals surface area contributed by atoms with Gasteiger partial charge >= 0.3 is 0 Å². The zero-order chi connectivity index (χ0) is 14.5. The Kier molecular flexibility index (Phi) is 4.98. The van der Waals surface area contributed by atoms with Crippen molar-refractivity contribution in [2.45, 2.75) is 6.10 Å². The largest absolute Gasteiger partial charge is 0.497 e. The van der Waals surface area contributed by atoms with Crippen LogP contribution in [0.5, 0.6) is 11.5 Å². The number of halogens is 2. The van der Waals surface area contributed by atoms with E-state index in [1.165, 1.54) is 12.1 Å². The second kappa shape index (κ2) is 6.72. The Bertz CT molecular complexity index is 575. The minimum absolute atomic E-state index is 0.287. The molecule has 0 aliphatic heterocycles. The van der Waals surface area contributed by atoms with Crippen LogP contribution in [0.2, 0.25) is 0 Å². The van der Waals surface area contributed by atoms with Crippen molar-refractivity contribution in [3.63, 3.8) is 0 Å². The van der Waals surface area contributed by atoms with Gasteiger partial charge in [-0.1, -0.05) is 12.1 Å². The summed E-state index contributed by atoms with van der Waals surface area (Å²) in [6.45, 7) is 0.287. The van der Waals surface area contributed by atoms with Gasteiger partial charge in [-0.15, -0.1) is 0 Å². The number of hydrogen-bond donors (Lipinski definition) is 1. The Labute approximate surface area is 125 Å². The van der Waals surface area contributed by atoms with Crippen LogP contribution < -0.4 is 15.2 Å². The van der Waals surface area contributed by atoms with Gasteiger partial charge in [0.25, 0.3) is 0 Å². The van der Waals surface area contributed by atoms with Crippen molar-refractivity contribution in [1.29, 1.82) is 0 Å². The average molecular weight is 340 g/mol. The van der Waals surface area contributed by atoms with Crippen molar-refractivity contribution >= 4 is 15.9 Å². The molecule has 0 aliphatic carbocycles. The zero-order valence-electron chi connectivity index (χ0n) is 11.0. The quantitative estimate of drug-likeness (QED) is 0.903. The van der Waals surface area contributed by atoms with E-state index in [-0.39, 0.29) is 18.5 Å². The van der Waals surface area contributed by atoms with E-state index in [0.717, 1.165) is 11.3 Å². The molecular formula is C15H15BrFNO2. The molecule has 106 valence electrons. The molecule has 0 radical (unpaired) electrons. The molecule has 20 heavy (non-hydrogen) atoms. The Morgan fingerprint density at radius 2 is 1.90 bits per heavy atom. The van der Waals surface area contributed by atoms with E-state index in [1.54, 1.807) is 13.2 Å². The van der Waals surface area contributed by atoms with E-state index in [0.29, 0.717) is 10.2 Å². The van der Waals surface area contributed by atoms with Crippen molar-refractivity contribution < 1.29 is 13.9 Å². The van der Waals surface area contributed by atoms with Crippen LogP contribution in [-0.2, 0) is 0 Å². The first kappa shape index (κ1) is 14.8. The van der Waals surface area contributed by atoms with E-state index in [1.807, 2.05) is 24.3 Å².